The van der Waals surface area contributed by atoms with Crippen LogP contribution in [0.3, 0.4) is 0 Å². The van der Waals surface area contributed by atoms with Gasteiger partial charge in [0.1, 0.15) is 0 Å². The number of thiophene rings is 1. The standard InChI is InChI=1S/C11H14BrNO3S/c1-7-4-9(17-10(7)12)11(15)13-2-3-16-8(5-13)6-14/h4,8,14H,2-3,5-6H2,1H3. The molecule has 1 amide bonds. The van der Waals surface area contributed by atoms with Crippen molar-refractivity contribution in [3.05, 3.63) is 20.3 Å². The van der Waals surface area contributed by atoms with E-state index < -0.39 is 0 Å². The summed E-state index contributed by atoms with van der Waals surface area (Å²) in [5, 5.41) is 9.04. The molecule has 6 heteroatoms. The van der Waals surface area contributed by atoms with Gasteiger partial charge in [0.15, 0.2) is 0 Å². The van der Waals surface area contributed by atoms with Crippen LogP contribution in [-0.4, -0.2) is 48.3 Å². The van der Waals surface area contributed by atoms with E-state index in [1.54, 1.807) is 4.90 Å². The monoisotopic (exact) mass is 319 g/mol. The highest BCUT2D eigenvalue weighted by Gasteiger charge is 2.25. The van der Waals surface area contributed by atoms with Crippen LogP contribution >= 0.6 is 27.3 Å². The number of amides is 1. The summed E-state index contributed by atoms with van der Waals surface area (Å²) in [4.78, 5) is 14.7. The highest BCUT2D eigenvalue weighted by atomic mass is 79.9. The first-order valence-corrected chi connectivity index (χ1v) is 7.00. The number of aryl methyl sites for hydroxylation is 1. The Hall–Kier alpha value is -0.430. The minimum Gasteiger partial charge on any atom is -0.394 e. The molecule has 94 valence electrons. The highest BCUT2D eigenvalue weighted by molar-refractivity contribution is 9.11. The fourth-order valence-corrected chi connectivity index (χ4v) is 3.24. The van der Waals surface area contributed by atoms with Crippen molar-refractivity contribution in [2.45, 2.75) is 13.0 Å². The lowest BCUT2D eigenvalue weighted by molar-refractivity contribution is -0.0446. The maximum absolute atomic E-state index is 12.2. The normalized spacial score (nSPS) is 20.6. The number of rotatable bonds is 2. The molecule has 1 aromatic rings. The summed E-state index contributed by atoms with van der Waals surface area (Å²) in [6.07, 6.45) is -0.253. The van der Waals surface area contributed by atoms with Crippen molar-refractivity contribution < 1.29 is 14.6 Å². The predicted molar refractivity (Wildman–Crippen MR) is 69.5 cm³/mol. The number of hydrogen-bond donors (Lipinski definition) is 1. The van der Waals surface area contributed by atoms with Crippen molar-refractivity contribution >= 4 is 33.2 Å². The van der Waals surface area contributed by atoms with Crippen molar-refractivity contribution in [3.8, 4) is 0 Å². The number of aliphatic hydroxyl groups excluding tert-OH is 1. The summed E-state index contributed by atoms with van der Waals surface area (Å²) < 4.78 is 6.32. The second kappa shape index (κ2) is 5.48. The fourth-order valence-electron chi connectivity index (χ4n) is 1.74. The van der Waals surface area contributed by atoms with Crippen molar-refractivity contribution in [1.29, 1.82) is 0 Å². The van der Waals surface area contributed by atoms with E-state index in [9.17, 15) is 4.79 Å². The Morgan fingerprint density at radius 1 is 1.76 bits per heavy atom. The molecule has 0 spiro atoms. The van der Waals surface area contributed by atoms with Gasteiger partial charge in [0.25, 0.3) is 5.91 Å². The summed E-state index contributed by atoms with van der Waals surface area (Å²) >= 11 is 4.86. The van der Waals surface area contributed by atoms with Crippen LogP contribution in [0.5, 0.6) is 0 Å². The molecule has 4 nitrogen and oxygen atoms in total. The lowest BCUT2D eigenvalue weighted by Gasteiger charge is -2.31. The quantitative estimate of drug-likeness (QED) is 0.901. The third-order valence-corrected chi connectivity index (χ3v) is 4.82. The number of hydrogen-bond acceptors (Lipinski definition) is 4. The summed E-state index contributed by atoms with van der Waals surface area (Å²) in [5.74, 6) is 0.0190. The summed E-state index contributed by atoms with van der Waals surface area (Å²) in [7, 11) is 0. The van der Waals surface area contributed by atoms with Crippen molar-refractivity contribution in [2.75, 3.05) is 26.3 Å². The molecule has 1 aliphatic rings. The summed E-state index contributed by atoms with van der Waals surface area (Å²) in [6.45, 7) is 3.46. The molecule has 1 N–H and O–H groups in total. The maximum atomic E-state index is 12.2. The largest absolute Gasteiger partial charge is 0.394 e. The first kappa shape index (κ1) is 13.0. The molecule has 0 saturated carbocycles. The molecule has 2 heterocycles. The van der Waals surface area contributed by atoms with Gasteiger partial charge in [0, 0.05) is 13.1 Å². The van der Waals surface area contributed by atoms with Crippen molar-refractivity contribution in [2.24, 2.45) is 0 Å². The van der Waals surface area contributed by atoms with E-state index in [-0.39, 0.29) is 18.6 Å². The number of halogens is 1. The molecule has 1 saturated heterocycles. The van der Waals surface area contributed by atoms with E-state index in [0.717, 1.165) is 14.2 Å². The number of ether oxygens (including phenoxy) is 1. The van der Waals surface area contributed by atoms with E-state index >= 15 is 0 Å². The lowest BCUT2D eigenvalue weighted by atomic mass is 10.2. The first-order chi connectivity index (χ1) is 8.11. The van der Waals surface area contributed by atoms with Gasteiger partial charge < -0.3 is 14.7 Å². The Bertz CT molecular complexity index is 401. The summed E-state index contributed by atoms with van der Waals surface area (Å²) in [5.41, 5.74) is 1.07. The average Bonchev–Trinajstić information content (AvgIpc) is 2.69. The number of carbonyl (C=O) groups is 1. The van der Waals surface area contributed by atoms with Gasteiger partial charge in [-0.25, -0.2) is 0 Å². The van der Waals surface area contributed by atoms with Gasteiger partial charge in [-0.3, -0.25) is 4.79 Å². The minimum absolute atomic E-state index is 0.0190. The SMILES string of the molecule is Cc1cc(C(=O)N2CCOC(CO)C2)sc1Br. The van der Waals surface area contributed by atoms with Gasteiger partial charge in [-0.05, 0) is 34.5 Å². The van der Waals surface area contributed by atoms with Gasteiger partial charge in [-0.1, -0.05) is 0 Å². The molecule has 1 fully saturated rings. The van der Waals surface area contributed by atoms with Gasteiger partial charge >= 0.3 is 0 Å². The maximum Gasteiger partial charge on any atom is 0.264 e. The Labute approximate surface area is 112 Å². The minimum atomic E-state index is -0.253. The lowest BCUT2D eigenvalue weighted by Crippen LogP contribution is -2.46. The van der Waals surface area contributed by atoms with E-state index in [1.807, 2.05) is 13.0 Å². The Morgan fingerprint density at radius 3 is 3.12 bits per heavy atom. The Kier molecular flexibility index (Phi) is 4.19. The molecule has 1 aliphatic heterocycles. The van der Waals surface area contributed by atoms with Gasteiger partial charge in [-0.2, -0.15) is 0 Å². The zero-order valence-corrected chi connectivity index (χ0v) is 11.9. The van der Waals surface area contributed by atoms with Crippen LogP contribution in [0.25, 0.3) is 0 Å². The molecule has 2 rings (SSSR count). The third-order valence-electron chi connectivity index (χ3n) is 2.70. The second-order valence-corrected chi connectivity index (χ2v) is 6.36. The van der Waals surface area contributed by atoms with Crippen LogP contribution in [0.1, 0.15) is 15.2 Å². The van der Waals surface area contributed by atoms with E-state index in [1.165, 1.54) is 11.3 Å². The van der Waals surface area contributed by atoms with Crippen LogP contribution in [0.15, 0.2) is 9.85 Å². The second-order valence-electron chi connectivity index (χ2n) is 3.99. The van der Waals surface area contributed by atoms with Crippen LogP contribution in [0.4, 0.5) is 0 Å². The molecule has 1 unspecified atom stereocenters. The molecule has 0 bridgehead atoms. The molecule has 1 atom stereocenters. The molecule has 1 aromatic heterocycles. The zero-order chi connectivity index (χ0) is 12.4. The van der Waals surface area contributed by atoms with Gasteiger partial charge in [-0.15, -0.1) is 11.3 Å². The van der Waals surface area contributed by atoms with Gasteiger partial charge in [0.05, 0.1) is 28.0 Å². The number of morpholine rings is 1. The molecular formula is C11H14BrNO3S. The smallest absolute Gasteiger partial charge is 0.264 e. The topological polar surface area (TPSA) is 49.8 Å². The average molecular weight is 320 g/mol. The predicted octanol–water partition coefficient (Wildman–Crippen LogP) is 1.65. The molecule has 17 heavy (non-hydrogen) atoms. The molecular weight excluding hydrogens is 306 g/mol. The van der Waals surface area contributed by atoms with Crippen molar-refractivity contribution in [3.63, 3.8) is 0 Å². The van der Waals surface area contributed by atoms with Gasteiger partial charge in [0.2, 0.25) is 0 Å². The Balaban J connectivity index is 2.09. The molecule has 0 aliphatic carbocycles. The number of aliphatic hydroxyl groups is 1. The van der Waals surface area contributed by atoms with Crippen LogP contribution in [-0.2, 0) is 4.74 Å². The van der Waals surface area contributed by atoms with E-state index in [4.69, 9.17) is 9.84 Å². The van der Waals surface area contributed by atoms with Crippen molar-refractivity contribution in [1.82, 2.24) is 4.90 Å². The molecule has 0 aromatic carbocycles. The molecule has 0 radical (unpaired) electrons. The van der Waals surface area contributed by atoms with Crippen LogP contribution < -0.4 is 0 Å². The number of carbonyl (C=O) groups excluding carboxylic acids is 1. The summed E-state index contributed by atoms with van der Waals surface area (Å²) in [6, 6.07) is 1.89. The fraction of sp³-hybridized carbons (Fsp3) is 0.545. The van der Waals surface area contributed by atoms with E-state index in [2.05, 4.69) is 15.9 Å². The third kappa shape index (κ3) is 2.88. The number of nitrogens with zero attached hydrogens (tertiary/aromatic N) is 1. The van der Waals surface area contributed by atoms with Crippen LogP contribution in [0, 0.1) is 6.92 Å². The van der Waals surface area contributed by atoms with Crippen LogP contribution in [0.2, 0.25) is 0 Å². The zero-order valence-electron chi connectivity index (χ0n) is 9.48. The first-order valence-electron chi connectivity index (χ1n) is 5.39. The Morgan fingerprint density at radius 2 is 2.53 bits per heavy atom. The highest BCUT2D eigenvalue weighted by Crippen LogP contribution is 2.28. The van der Waals surface area contributed by atoms with E-state index in [0.29, 0.717) is 19.7 Å².